The molecule has 0 heterocycles. The van der Waals surface area contributed by atoms with Crippen molar-refractivity contribution in [1.29, 1.82) is 0 Å². The van der Waals surface area contributed by atoms with Crippen molar-refractivity contribution < 1.29 is 4.84 Å². The van der Waals surface area contributed by atoms with Gasteiger partial charge >= 0.3 is 0 Å². The largest absolute Gasteiger partial charge is 0.393 e. The average Bonchev–Trinajstić information content (AvgIpc) is 2.26. The smallest absolute Gasteiger partial charge is 0.122 e. The number of hydrogen-bond donors (Lipinski definition) is 0. The van der Waals surface area contributed by atoms with E-state index < -0.39 is 0 Å². The molecule has 1 aliphatic rings. The monoisotopic (exact) mass is 203 g/mol. The van der Waals surface area contributed by atoms with E-state index in [4.69, 9.17) is 4.84 Å². The molecule has 80 valence electrons. The highest BCUT2D eigenvalue weighted by Gasteiger charge is 2.15. The van der Waals surface area contributed by atoms with Gasteiger partial charge in [-0.3, -0.25) is 0 Å². The number of fused-ring (bicyclic) bond motifs is 1. The summed E-state index contributed by atoms with van der Waals surface area (Å²) in [7, 11) is 0. The van der Waals surface area contributed by atoms with Gasteiger partial charge in [-0.25, -0.2) is 0 Å². The van der Waals surface area contributed by atoms with E-state index in [1.54, 1.807) is 0 Å². The lowest BCUT2D eigenvalue weighted by Gasteiger charge is -2.17. The summed E-state index contributed by atoms with van der Waals surface area (Å²) in [6, 6.07) is 8.47. The summed E-state index contributed by atoms with van der Waals surface area (Å²) in [6.45, 7) is 4.00. The molecule has 2 rings (SSSR count). The summed E-state index contributed by atoms with van der Waals surface area (Å²) >= 11 is 0. The normalized spacial score (nSPS) is 17.9. The molecule has 15 heavy (non-hydrogen) atoms. The molecule has 0 aliphatic heterocycles. The van der Waals surface area contributed by atoms with Crippen molar-refractivity contribution in [2.75, 3.05) is 0 Å². The maximum absolute atomic E-state index is 5.33. The van der Waals surface area contributed by atoms with Crippen molar-refractivity contribution in [1.82, 2.24) is 0 Å². The second kappa shape index (κ2) is 4.47. The Morgan fingerprint density at radius 3 is 2.80 bits per heavy atom. The van der Waals surface area contributed by atoms with Gasteiger partial charge < -0.3 is 4.84 Å². The van der Waals surface area contributed by atoms with Gasteiger partial charge in [-0.2, -0.15) is 0 Å². The van der Waals surface area contributed by atoms with Gasteiger partial charge in [0.05, 0.1) is 5.71 Å². The van der Waals surface area contributed by atoms with Crippen molar-refractivity contribution in [3.8, 4) is 0 Å². The molecule has 0 N–H and O–H groups in total. The standard InChI is InChI=1S/C13H17NO/c1-10(2)15-14-13-9-5-7-11-6-3-4-8-12(11)13/h3-4,6,8,10H,5,7,9H2,1-2H3/b14-13+. The zero-order valence-electron chi connectivity index (χ0n) is 9.36. The first-order valence-electron chi connectivity index (χ1n) is 5.58. The summed E-state index contributed by atoms with van der Waals surface area (Å²) in [5, 5.41) is 4.24. The van der Waals surface area contributed by atoms with E-state index in [1.165, 1.54) is 17.5 Å². The summed E-state index contributed by atoms with van der Waals surface area (Å²) in [4.78, 5) is 5.33. The van der Waals surface area contributed by atoms with Crippen molar-refractivity contribution >= 4 is 5.71 Å². The minimum Gasteiger partial charge on any atom is -0.393 e. The SMILES string of the molecule is CC(C)O/N=C1\CCCc2ccccc21. The molecule has 0 amide bonds. The van der Waals surface area contributed by atoms with Crippen LogP contribution in [0.25, 0.3) is 0 Å². The third kappa shape index (κ3) is 2.38. The van der Waals surface area contributed by atoms with Gasteiger partial charge in [0.15, 0.2) is 0 Å². The van der Waals surface area contributed by atoms with E-state index in [9.17, 15) is 0 Å². The number of hydrogen-bond acceptors (Lipinski definition) is 2. The predicted molar refractivity (Wildman–Crippen MR) is 62.1 cm³/mol. The van der Waals surface area contributed by atoms with Crippen LogP contribution in [0.2, 0.25) is 0 Å². The fourth-order valence-corrected chi connectivity index (χ4v) is 1.86. The summed E-state index contributed by atoms with van der Waals surface area (Å²) in [5.41, 5.74) is 3.77. The minimum atomic E-state index is 0.159. The maximum atomic E-state index is 5.33. The van der Waals surface area contributed by atoms with Gasteiger partial charge in [-0.1, -0.05) is 29.4 Å². The minimum absolute atomic E-state index is 0.159. The highest BCUT2D eigenvalue weighted by atomic mass is 16.6. The Balaban J connectivity index is 2.25. The summed E-state index contributed by atoms with van der Waals surface area (Å²) in [5.74, 6) is 0. The van der Waals surface area contributed by atoms with Crippen LogP contribution < -0.4 is 0 Å². The van der Waals surface area contributed by atoms with Crippen LogP contribution in [0.4, 0.5) is 0 Å². The molecular weight excluding hydrogens is 186 g/mol. The molecule has 2 heteroatoms. The molecule has 0 spiro atoms. The molecule has 2 nitrogen and oxygen atoms in total. The van der Waals surface area contributed by atoms with Crippen LogP contribution >= 0.6 is 0 Å². The Hall–Kier alpha value is -1.31. The molecule has 1 aliphatic carbocycles. The number of nitrogens with zero attached hydrogens (tertiary/aromatic N) is 1. The lowest BCUT2D eigenvalue weighted by Crippen LogP contribution is -2.13. The fourth-order valence-electron chi connectivity index (χ4n) is 1.86. The first-order valence-corrected chi connectivity index (χ1v) is 5.58. The Morgan fingerprint density at radius 2 is 2.00 bits per heavy atom. The molecular formula is C13H17NO. The first-order chi connectivity index (χ1) is 7.27. The zero-order chi connectivity index (χ0) is 10.7. The third-order valence-electron chi connectivity index (χ3n) is 2.56. The van der Waals surface area contributed by atoms with Gasteiger partial charge in [0, 0.05) is 5.56 Å². The van der Waals surface area contributed by atoms with E-state index in [0.717, 1.165) is 18.6 Å². The van der Waals surface area contributed by atoms with Crippen LogP contribution in [0.15, 0.2) is 29.4 Å². The zero-order valence-corrected chi connectivity index (χ0v) is 9.36. The van der Waals surface area contributed by atoms with Crippen molar-refractivity contribution in [3.63, 3.8) is 0 Å². The maximum Gasteiger partial charge on any atom is 0.122 e. The van der Waals surface area contributed by atoms with E-state index in [0.29, 0.717) is 0 Å². The highest BCUT2D eigenvalue weighted by molar-refractivity contribution is 6.02. The molecule has 0 aromatic heterocycles. The number of oxime groups is 1. The molecule has 0 fully saturated rings. The van der Waals surface area contributed by atoms with Gasteiger partial charge in [-0.05, 0) is 38.7 Å². The fraction of sp³-hybridized carbons (Fsp3) is 0.462. The Morgan fingerprint density at radius 1 is 1.20 bits per heavy atom. The quantitative estimate of drug-likeness (QED) is 0.677. The molecule has 0 radical (unpaired) electrons. The molecule has 0 atom stereocenters. The highest BCUT2D eigenvalue weighted by Crippen LogP contribution is 2.21. The van der Waals surface area contributed by atoms with Crippen LogP contribution in [0.3, 0.4) is 0 Å². The molecule has 0 unspecified atom stereocenters. The van der Waals surface area contributed by atoms with Crippen molar-refractivity contribution in [2.45, 2.75) is 39.2 Å². The van der Waals surface area contributed by atoms with Gasteiger partial charge in [-0.15, -0.1) is 0 Å². The van der Waals surface area contributed by atoms with E-state index in [1.807, 2.05) is 13.8 Å². The summed E-state index contributed by atoms with van der Waals surface area (Å²) < 4.78 is 0. The number of aryl methyl sites for hydroxylation is 1. The van der Waals surface area contributed by atoms with Gasteiger partial charge in [0.1, 0.15) is 6.10 Å². The van der Waals surface area contributed by atoms with Gasteiger partial charge in [0.2, 0.25) is 0 Å². The van der Waals surface area contributed by atoms with E-state index in [2.05, 4.69) is 29.4 Å². The Kier molecular flexibility index (Phi) is 3.05. The Bertz CT molecular complexity index is 369. The van der Waals surface area contributed by atoms with Crippen molar-refractivity contribution in [2.24, 2.45) is 5.16 Å². The average molecular weight is 203 g/mol. The molecule has 0 saturated carbocycles. The van der Waals surface area contributed by atoms with Crippen LogP contribution in [0, 0.1) is 0 Å². The first kappa shape index (κ1) is 10.2. The van der Waals surface area contributed by atoms with Crippen molar-refractivity contribution in [3.05, 3.63) is 35.4 Å². The molecule has 1 aromatic rings. The predicted octanol–water partition coefficient (Wildman–Crippen LogP) is 3.15. The number of benzene rings is 1. The van der Waals surface area contributed by atoms with Gasteiger partial charge in [0.25, 0.3) is 0 Å². The lowest BCUT2D eigenvalue weighted by molar-refractivity contribution is 0.0855. The summed E-state index contributed by atoms with van der Waals surface area (Å²) in [6.07, 6.45) is 3.53. The van der Waals surface area contributed by atoms with Crippen LogP contribution in [0.5, 0.6) is 0 Å². The number of rotatable bonds is 2. The van der Waals surface area contributed by atoms with Crippen LogP contribution in [-0.4, -0.2) is 11.8 Å². The molecule has 0 bridgehead atoms. The van der Waals surface area contributed by atoms with E-state index >= 15 is 0 Å². The lowest BCUT2D eigenvalue weighted by atomic mass is 9.90. The molecule has 0 saturated heterocycles. The topological polar surface area (TPSA) is 21.6 Å². The second-order valence-corrected chi connectivity index (χ2v) is 4.20. The van der Waals surface area contributed by atoms with Crippen LogP contribution in [-0.2, 0) is 11.3 Å². The van der Waals surface area contributed by atoms with E-state index in [-0.39, 0.29) is 6.10 Å². The second-order valence-electron chi connectivity index (χ2n) is 4.20. The van der Waals surface area contributed by atoms with Crippen LogP contribution in [0.1, 0.15) is 37.8 Å². The molecule has 1 aromatic carbocycles. The Labute approximate surface area is 90.9 Å². The third-order valence-corrected chi connectivity index (χ3v) is 2.56.